The van der Waals surface area contributed by atoms with Gasteiger partial charge in [0.1, 0.15) is 0 Å². The zero-order chi connectivity index (χ0) is 14.2. The van der Waals surface area contributed by atoms with Crippen molar-refractivity contribution in [1.29, 1.82) is 0 Å². The van der Waals surface area contributed by atoms with E-state index >= 15 is 0 Å². The molecule has 0 aliphatic rings. The molecule has 1 amide bonds. The molecule has 1 unspecified atom stereocenters. The fraction of sp³-hybridized carbons (Fsp3) is 0.933. The third-order valence-electron chi connectivity index (χ3n) is 3.80. The van der Waals surface area contributed by atoms with Crippen LogP contribution in [0.1, 0.15) is 66.7 Å². The number of amides is 1. The van der Waals surface area contributed by atoms with Gasteiger partial charge in [0.05, 0.1) is 7.11 Å². The lowest BCUT2D eigenvalue weighted by molar-refractivity contribution is 0.114. The zero-order valence-corrected chi connectivity index (χ0v) is 13.0. The highest BCUT2D eigenvalue weighted by atomic mass is 16.5. The largest absolute Gasteiger partial charge is 0.453 e. The van der Waals surface area contributed by atoms with Crippen LogP contribution in [0.2, 0.25) is 0 Å². The van der Waals surface area contributed by atoms with Crippen molar-refractivity contribution in [2.75, 3.05) is 7.11 Å². The van der Waals surface area contributed by atoms with E-state index in [2.05, 4.69) is 39.9 Å². The number of nitrogens with one attached hydrogen (secondary N) is 1. The maximum atomic E-state index is 11.5. The van der Waals surface area contributed by atoms with Crippen LogP contribution in [0.5, 0.6) is 0 Å². The topological polar surface area (TPSA) is 38.3 Å². The minimum absolute atomic E-state index is 0.160. The SMILES string of the molecule is CCCCC(C)(CCC)[C@@H](NC(=O)OC)C(C)C. The van der Waals surface area contributed by atoms with Crippen LogP contribution in [0, 0.1) is 11.3 Å². The van der Waals surface area contributed by atoms with Crippen molar-refractivity contribution < 1.29 is 9.53 Å². The molecule has 0 aromatic heterocycles. The van der Waals surface area contributed by atoms with Gasteiger partial charge in [-0.15, -0.1) is 0 Å². The van der Waals surface area contributed by atoms with Gasteiger partial charge in [-0.05, 0) is 24.2 Å². The van der Waals surface area contributed by atoms with Crippen molar-refractivity contribution in [3.8, 4) is 0 Å². The van der Waals surface area contributed by atoms with Crippen LogP contribution in [0.4, 0.5) is 4.79 Å². The van der Waals surface area contributed by atoms with Crippen LogP contribution in [0.3, 0.4) is 0 Å². The van der Waals surface area contributed by atoms with E-state index in [-0.39, 0.29) is 17.6 Å². The Morgan fingerprint density at radius 1 is 1.22 bits per heavy atom. The van der Waals surface area contributed by atoms with Gasteiger partial charge in [-0.2, -0.15) is 0 Å². The van der Waals surface area contributed by atoms with Gasteiger partial charge in [0, 0.05) is 6.04 Å². The van der Waals surface area contributed by atoms with Gasteiger partial charge < -0.3 is 10.1 Å². The Bertz CT molecular complexity index is 241. The second-order valence-electron chi connectivity index (χ2n) is 5.87. The average Bonchev–Trinajstić information content (AvgIpc) is 2.33. The lowest BCUT2D eigenvalue weighted by Crippen LogP contribution is -2.49. The molecule has 0 bridgehead atoms. The maximum absolute atomic E-state index is 11.5. The number of rotatable bonds is 8. The summed E-state index contributed by atoms with van der Waals surface area (Å²) in [6.07, 6.45) is 5.54. The summed E-state index contributed by atoms with van der Waals surface area (Å²) in [6, 6.07) is 0.177. The van der Waals surface area contributed by atoms with Crippen LogP contribution < -0.4 is 5.32 Å². The summed E-state index contributed by atoms with van der Waals surface area (Å²) in [5.41, 5.74) is 0.160. The first kappa shape index (κ1) is 17.3. The molecule has 1 N–H and O–H groups in total. The smallest absolute Gasteiger partial charge is 0.407 e. The van der Waals surface area contributed by atoms with Crippen molar-refractivity contribution in [3.63, 3.8) is 0 Å². The van der Waals surface area contributed by atoms with Crippen molar-refractivity contribution in [1.82, 2.24) is 5.32 Å². The summed E-state index contributed by atoms with van der Waals surface area (Å²) in [5, 5.41) is 3.04. The number of alkyl carbamates (subject to hydrolysis) is 1. The summed E-state index contributed by atoms with van der Waals surface area (Å²) in [7, 11) is 1.43. The minimum Gasteiger partial charge on any atom is -0.453 e. The molecule has 0 heterocycles. The molecule has 0 aliphatic heterocycles. The van der Waals surface area contributed by atoms with E-state index in [9.17, 15) is 4.79 Å². The third kappa shape index (κ3) is 5.28. The Kier molecular flexibility index (Phi) is 8.05. The van der Waals surface area contributed by atoms with Crippen LogP contribution in [-0.2, 0) is 4.74 Å². The van der Waals surface area contributed by atoms with Gasteiger partial charge in [0.25, 0.3) is 0 Å². The first-order valence-corrected chi connectivity index (χ1v) is 7.25. The van der Waals surface area contributed by atoms with E-state index in [0.717, 1.165) is 19.3 Å². The zero-order valence-electron chi connectivity index (χ0n) is 13.0. The molecule has 0 aromatic carbocycles. The summed E-state index contributed by atoms with van der Waals surface area (Å²) < 4.78 is 4.76. The van der Waals surface area contributed by atoms with E-state index in [1.807, 2.05) is 0 Å². The molecule has 2 atom stereocenters. The highest BCUT2D eigenvalue weighted by molar-refractivity contribution is 5.67. The fourth-order valence-electron chi connectivity index (χ4n) is 2.92. The Labute approximate surface area is 113 Å². The molecular weight excluding hydrogens is 226 g/mol. The molecule has 0 rings (SSSR count). The average molecular weight is 257 g/mol. The van der Waals surface area contributed by atoms with E-state index in [4.69, 9.17) is 4.74 Å². The predicted molar refractivity (Wildman–Crippen MR) is 76.7 cm³/mol. The van der Waals surface area contributed by atoms with E-state index in [0.29, 0.717) is 5.92 Å². The van der Waals surface area contributed by atoms with Gasteiger partial charge in [0.2, 0.25) is 0 Å². The Balaban J connectivity index is 4.90. The van der Waals surface area contributed by atoms with Crippen molar-refractivity contribution in [3.05, 3.63) is 0 Å². The van der Waals surface area contributed by atoms with E-state index in [1.165, 1.54) is 20.0 Å². The number of ether oxygens (including phenoxy) is 1. The van der Waals surface area contributed by atoms with Crippen LogP contribution >= 0.6 is 0 Å². The summed E-state index contributed by atoms with van der Waals surface area (Å²) in [6.45, 7) is 11.1. The first-order valence-electron chi connectivity index (χ1n) is 7.25. The fourth-order valence-corrected chi connectivity index (χ4v) is 2.92. The van der Waals surface area contributed by atoms with Crippen LogP contribution in [0.25, 0.3) is 0 Å². The second-order valence-corrected chi connectivity index (χ2v) is 5.87. The molecule has 3 nitrogen and oxygen atoms in total. The van der Waals surface area contributed by atoms with E-state index in [1.54, 1.807) is 0 Å². The molecule has 0 saturated carbocycles. The number of hydrogen-bond donors (Lipinski definition) is 1. The number of carbonyl (C=O) groups is 1. The van der Waals surface area contributed by atoms with Crippen molar-refractivity contribution >= 4 is 6.09 Å². The van der Waals surface area contributed by atoms with E-state index < -0.39 is 0 Å². The van der Waals surface area contributed by atoms with Crippen molar-refractivity contribution in [2.24, 2.45) is 11.3 Å². The Hall–Kier alpha value is -0.730. The second kappa shape index (κ2) is 8.39. The maximum Gasteiger partial charge on any atom is 0.407 e. The molecule has 108 valence electrons. The predicted octanol–water partition coefficient (Wildman–Crippen LogP) is 4.36. The van der Waals surface area contributed by atoms with Gasteiger partial charge in [-0.3, -0.25) is 0 Å². The molecule has 0 radical (unpaired) electrons. The summed E-state index contributed by atoms with van der Waals surface area (Å²) in [4.78, 5) is 11.5. The van der Waals surface area contributed by atoms with Gasteiger partial charge >= 0.3 is 6.09 Å². The number of carbonyl (C=O) groups excluding carboxylic acids is 1. The molecule has 3 heteroatoms. The standard InChI is InChI=1S/C15H31NO2/c1-7-9-11-15(5,10-8-2)13(12(3)4)16-14(17)18-6/h12-13H,7-11H2,1-6H3,(H,16,17)/t13-,15?/m0/s1. The molecule has 0 aliphatic carbocycles. The highest BCUT2D eigenvalue weighted by Gasteiger charge is 2.36. The Morgan fingerprint density at radius 2 is 1.83 bits per heavy atom. The Morgan fingerprint density at radius 3 is 2.22 bits per heavy atom. The van der Waals surface area contributed by atoms with Crippen LogP contribution in [-0.4, -0.2) is 19.2 Å². The lowest BCUT2D eigenvalue weighted by atomic mass is 9.70. The number of unbranched alkanes of at least 4 members (excludes halogenated alkanes) is 1. The molecule has 0 aromatic rings. The van der Waals surface area contributed by atoms with Gasteiger partial charge in [-0.25, -0.2) is 4.79 Å². The summed E-state index contributed by atoms with van der Waals surface area (Å²) >= 11 is 0. The molecular formula is C15H31NO2. The van der Waals surface area contributed by atoms with Gasteiger partial charge in [-0.1, -0.05) is 53.9 Å². The quantitative estimate of drug-likeness (QED) is 0.701. The number of methoxy groups -OCH3 is 1. The minimum atomic E-state index is -0.312. The normalized spacial score (nSPS) is 16.2. The monoisotopic (exact) mass is 257 g/mol. The molecule has 0 spiro atoms. The van der Waals surface area contributed by atoms with Crippen LogP contribution in [0.15, 0.2) is 0 Å². The lowest BCUT2D eigenvalue weighted by Gasteiger charge is -2.40. The van der Waals surface area contributed by atoms with Gasteiger partial charge in [0.15, 0.2) is 0 Å². The van der Waals surface area contributed by atoms with Crippen molar-refractivity contribution in [2.45, 2.75) is 72.8 Å². The molecule has 18 heavy (non-hydrogen) atoms. The highest BCUT2D eigenvalue weighted by Crippen LogP contribution is 2.37. The third-order valence-corrected chi connectivity index (χ3v) is 3.80. The molecule has 0 fully saturated rings. The summed E-state index contributed by atoms with van der Waals surface area (Å²) in [5.74, 6) is 0.414. The molecule has 0 saturated heterocycles. The first-order chi connectivity index (χ1) is 8.41. The number of hydrogen-bond acceptors (Lipinski definition) is 2.